The number of hydrogen-bond acceptors (Lipinski definition) is 3. The number of benzene rings is 4. The molecule has 1 N–H and O–H groups in total. The van der Waals surface area contributed by atoms with E-state index in [1.54, 1.807) is 24.4 Å². The molecule has 0 radical (unpaired) electrons. The van der Waals surface area contributed by atoms with Crippen LogP contribution in [0.3, 0.4) is 0 Å². The van der Waals surface area contributed by atoms with E-state index in [0.717, 1.165) is 44.2 Å². The number of pyridine rings is 1. The predicted octanol–water partition coefficient (Wildman–Crippen LogP) is 6.81. The van der Waals surface area contributed by atoms with Gasteiger partial charge in [-0.15, -0.1) is 0 Å². The normalized spacial score (nSPS) is 11.4. The van der Waals surface area contributed by atoms with Gasteiger partial charge in [-0.1, -0.05) is 78.9 Å². The molecule has 0 saturated heterocycles. The van der Waals surface area contributed by atoms with Crippen molar-refractivity contribution in [1.29, 1.82) is 0 Å². The maximum absolute atomic E-state index is 13.3. The van der Waals surface area contributed by atoms with Crippen LogP contribution >= 0.6 is 0 Å². The lowest BCUT2D eigenvalue weighted by Crippen LogP contribution is -2.18. The van der Waals surface area contributed by atoms with E-state index in [1.165, 1.54) is 12.1 Å². The summed E-state index contributed by atoms with van der Waals surface area (Å²) in [6.07, 6.45) is 3.64. The van der Waals surface area contributed by atoms with E-state index >= 15 is 0 Å². The Morgan fingerprint density at radius 1 is 0.868 bits per heavy atom. The highest BCUT2D eigenvalue weighted by molar-refractivity contribution is 6.07. The van der Waals surface area contributed by atoms with Gasteiger partial charge in [0.2, 0.25) is 0 Å². The van der Waals surface area contributed by atoms with Gasteiger partial charge >= 0.3 is 0 Å². The van der Waals surface area contributed by atoms with Crippen molar-refractivity contribution in [3.63, 3.8) is 0 Å². The van der Waals surface area contributed by atoms with Crippen molar-refractivity contribution < 1.29 is 9.18 Å². The Morgan fingerprint density at radius 3 is 2.39 bits per heavy atom. The van der Waals surface area contributed by atoms with Gasteiger partial charge in [-0.25, -0.2) is 14.8 Å². The van der Waals surface area contributed by atoms with Gasteiger partial charge in [0, 0.05) is 40.2 Å². The van der Waals surface area contributed by atoms with E-state index in [4.69, 9.17) is 4.98 Å². The zero-order valence-corrected chi connectivity index (χ0v) is 20.4. The van der Waals surface area contributed by atoms with Gasteiger partial charge in [-0.2, -0.15) is 5.10 Å². The summed E-state index contributed by atoms with van der Waals surface area (Å²) in [7, 11) is 0. The molecule has 0 atom stereocenters. The molecule has 0 aliphatic rings. The molecule has 0 aliphatic carbocycles. The van der Waals surface area contributed by atoms with E-state index in [0.29, 0.717) is 12.1 Å². The Balaban J connectivity index is 1.29. The Morgan fingerprint density at radius 2 is 1.58 bits per heavy atom. The number of para-hydroxylation sites is 2. The molecular weight excluding hydrogens is 475 g/mol. The van der Waals surface area contributed by atoms with E-state index in [1.807, 2.05) is 85.1 Å². The van der Waals surface area contributed by atoms with Crippen LogP contribution in [0.15, 0.2) is 120 Å². The number of halogens is 1. The van der Waals surface area contributed by atoms with Crippen molar-refractivity contribution >= 4 is 33.9 Å². The lowest BCUT2D eigenvalue weighted by atomic mass is 10.0. The highest BCUT2D eigenvalue weighted by Gasteiger charge is 2.14. The van der Waals surface area contributed by atoms with Gasteiger partial charge < -0.3 is 4.57 Å². The average Bonchev–Trinajstić information content (AvgIpc) is 3.31. The zero-order chi connectivity index (χ0) is 25.9. The molecule has 1 amide bonds. The van der Waals surface area contributed by atoms with Gasteiger partial charge in [0.15, 0.2) is 0 Å². The number of hydrazone groups is 1. The molecule has 0 unspecified atom stereocenters. The summed E-state index contributed by atoms with van der Waals surface area (Å²) in [6, 6.07) is 33.6. The Bertz CT molecular complexity index is 1790. The standard InChI is InChI=1S/C32H23FN4O/c33-25-16-14-22(15-17-25)20-37-21-24(26-10-5-7-13-31(26)37)19-34-36-32(38)28-18-30(23-8-2-1-3-9-23)35-29-12-6-4-11-27(28)29/h1-19,21H,20H2,(H,36,38)/b34-19+. The topological polar surface area (TPSA) is 59.3 Å². The molecule has 0 bridgehead atoms. The molecule has 0 aliphatic heterocycles. The van der Waals surface area contributed by atoms with Crippen LogP contribution in [0, 0.1) is 5.82 Å². The van der Waals surface area contributed by atoms with Crippen LogP contribution in [0.5, 0.6) is 0 Å². The van der Waals surface area contributed by atoms with Crippen molar-refractivity contribution in [1.82, 2.24) is 15.0 Å². The van der Waals surface area contributed by atoms with E-state index in [-0.39, 0.29) is 11.7 Å². The molecular formula is C32H23FN4O. The van der Waals surface area contributed by atoms with Crippen LogP contribution in [-0.2, 0) is 6.54 Å². The SMILES string of the molecule is O=C(N/N=C/c1cn(Cc2ccc(F)cc2)c2ccccc12)c1cc(-c2ccccc2)nc2ccccc12. The van der Waals surface area contributed by atoms with Gasteiger partial charge in [0.1, 0.15) is 5.82 Å². The molecule has 6 heteroatoms. The molecule has 6 aromatic rings. The second-order valence-electron chi connectivity index (χ2n) is 8.99. The monoisotopic (exact) mass is 498 g/mol. The quantitative estimate of drug-likeness (QED) is 0.203. The maximum atomic E-state index is 13.3. The van der Waals surface area contributed by atoms with E-state index in [9.17, 15) is 9.18 Å². The second-order valence-corrected chi connectivity index (χ2v) is 8.99. The largest absolute Gasteiger partial charge is 0.342 e. The number of nitrogens with one attached hydrogen (secondary N) is 1. The molecule has 0 fully saturated rings. The Labute approximate surface area is 218 Å². The lowest BCUT2D eigenvalue weighted by Gasteiger charge is -2.09. The smallest absolute Gasteiger partial charge is 0.272 e. The first kappa shape index (κ1) is 23.3. The summed E-state index contributed by atoms with van der Waals surface area (Å²) in [6.45, 7) is 0.590. The summed E-state index contributed by atoms with van der Waals surface area (Å²) >= 11 is 0. The number of carbonyl (C=O) groups excluding carboxylic acids is 1. The number of aromatic nitrogens is 2. The molecule has 5 nitrogen and oxygen atoms in total. The maximum Gasteiger partial charge on any atom is 0.272 e. The molecule has 184 valence electrons. The Kier molecular flexibility index (Phi) is 6.20. The van der Waals surface area contributed by atoms with Gasteiger partial charge in [0.05, 0.1) is 23.0 Å². The summed E-state index contributed by atoms with van der Waals surface area (Å²) in [5, 5.41) is 6.07. The lowest BCUT2D eigenvalue weighted by molar-refractivity contribution is 0.0956. The zero-order valence-electron chi connectivity index (χ0n) is 20.4. The fourth-order valence-corrected chi connectivity index (χ4v) is 4.64. The minimum atomic E-state index is -0.313. The van der Waals surface area contributed by atoms with Gasteiger partial charge in [-0.3, -0.25) is 4.79 Å². The van der Waals surface area contributed by atoms with Crippen molar-refractivity contribution in [2.45, 2.75) is 6.54 Å². The fourth-order valence-electron chi connectivity index (χ4n) is 4.64. The summed E-state index contributed by atoms with van der Waals surface area (Å²) < 4.78 is 15.4. The molecule has 38 heavy (non-hydrogen) atoms. The third-order valence-electron chi connectivity index (χ3n) is 6.49. The second kappa shape index (κ2) is 10.1. The molecule has 2 aromatic heterocycles. The first-order valence-corrected chi connectivity index (χ1v) is 12.3. The molecule has 4 aromatic carbocycles. The molecule has 0 spiro atoms. The van der Waals surface area contributed by atoms with Crippen LogP contribution in [0.2, 0.25) is 0 Å². The summed E-state index contributed by atoms with van der Waals surface area (Å²) in [5.41, 5.74) is 8.49. The summed E-state index contributed by atoms with van der Waals surface area (Å²) in [4.78, 5) is 18.0. The van der Waals surface area contributed by atoms with Crippen LogP contribution in [-0.4, -0.2) is 21.7 Å². The average molecular weight is 499 g/mol. The van der Waals surface area contributed by atoms with Crippen molar-refractivity contribution in [3.8, 4) is 11.3 Å². The van der Waals surface area contributed by atoms with Crippen LogP contribution < -0.4 is 5.43 Å². The first-order chi connectivity index (χ1) is 18.7. The van der Waals surface area contributed by atoms with Crippen LogP contribution in [0.4, 0.5) is 4.39 Å². The van der Waals surface area contributed by atoms with Crippen LogP contribution in [0.25, 0.3) is 33.1 Å². The van der Waals surface area contributed by atoms with Crippen molar-refractivity contribution in [2.24, 2.45) is 5.10 Å². The van der Waals surface area contributed by atoms with E-state index < -0.39 is 0 Å². The minimum absolute atomic E-state index is 0.257. The number of rotatable bonds is 6. The molecule has 0 saturated carbocycles. The highest BCUT2D eigenvalue weighted by atomic mass is 19.1. The predicted molar refractivity (Wildman–Crippen MR) is 150 cm³/mol. The number of nitrogens with zero attached hydrogens (tertiary/aromatic N) is 3. The number of amides is 1. The van der Waals surface area contributed by atoms with E-state index in [2.05, 4.69) is 15.1 Å². The number of hydrogen-bond donors (Lipinski definition) is 1. The van der Waals surface area contributed by atoms with Crippen LogP contribution in [0.1, 0.15) is 21.5 Å². The third kappa shape index (κ3) is 4.67. The fraction of sp³-hybridized carbons (Fsp3) is 0.0312. The highest BCUT2D eigenvalue weighted by Crippen LogP contribution is 2.25. The van der Waals surface area contributed by atoms with Crippen molar-refractivity contribution in [2.75, 3.05) is 0 Å². The molecule has 2 heterocycles. The first-order valence-electron chi connectivity index (χ1n) is 12.3. The van der Waals surface area contributed by atoms with Gasteiger partial charge in [-0.05, 0) is 35.9 Å². The summed E-state index contributed by atoms with van der Waals surface area (Å²) in [5.74, 6) is -0.570. The third-order valence-corrected chi connectivity index (χ3v) is 6.49. The minimum Gasteiger partial charge on any atom is -0.342 e. The molecule has 6 rings (SSSR count). The van der Waals surface area contributed by atoms with Gasteiger partial charge in [0.25, 0.3) is 5.91 Å². The number of fused-ring (bicyclic) bond motifs is 2. The van der Waals surface area contributed by atoms with Crippen molar-refractivity contribution in [3.05, 3.63) is 138 Å². The number of carbonyl (C=O) groups is 1. The Hall–Kier alpha value is -5.10.